The summed E-state index contributed by atoms with van der Waals surface area (Å²) in [5.74, 6) is 7.31. The Hall–Kier alpha value is -1.80. The van der Waals surface area contributed by atoms with Crippen molar-refractivity contribution in [2.45, 2.75) is 106 Å². The third kappa shape index (κ3) is 15.9. The number of aromatic carboxylic acids is 1. The molecule has 1 heterocycles. The van der Waals surface area contributed by atoms with Crippen LogP contribution in [0.3, 0.4) is 0 Å². The Balaban J connectivity index is 0.000000522. The number of anilines is 1. The van der Waals surface area contributed by atoms with Gasteiger partial charge in [-0.25, -0.2) is 4.79 Å². The fraction of sp³-hybridized carbons (Fsp3) is 0.724. The minimum Gasteiger partial charge on any atom is -0.477 e. The SMILES string of the molecule is CC1CCCCC1.CC1CCCCC1.CC=O.CN(C)c1cc(C#CC(C)(C)C)sc1C(=O)O. The van der Waals surface area contributed by atoms with Gasteiger partial charge >= 0.3 is 5.97 Å². The van der Waals surface area contributed by atoms with Crippen molar-refractivity contribution in [3.63, 3.8) is 0 Å². The molecule has 2 fully saturated rings. The second-order valence-electron chi connectivity index (χ2n) is 10.7. The molecule has 5 heteroatoms. The zero-order valence-electron chi connectivity index (χ0n) is 23.0. The lowest BCUT2D eigenvalue weighted by atomic mass is 9.91. The number of carboxylic acid groups (broad SMARTS) is 1. The molecule has 2 aliphatic rings. The molecule has 1 aromatic rings. The third-order valence-electron chi connectivity index (χ3n) is 5.74. The predicted octanol–water partition coefficient (Wildman–Crippen LogP) is 8.29. The maximum atomic E-state index is 11.1. The van der Waals surface area contributed by atoms with Crippen LogP contribution < -0.4 is 4.90 Å². The van der Waals surface area contributed by atoms with E-state index in [1.165, 1.54) is 82.5 Å². The van der Waals surface area contributed by atoms with Gasteiger partial charge in [0.15, 0.2) is 0 Å². The van der Waals surface area contributed by atoms with Crippen LogP contribution in [-0.2, 0) is 4.79 Å². The number of thiophene rings is 1. The molecule has 0 radical (unpaired) electrons. The molecule has 194 valence electrons. The van der Waals surface area contributed by atoms with Gasteiger partial charge in [-0.15, -0.1) is 11.3 Å². The van der Waals surface area contributed by atoms with Crippen LogP contribution in [0.1, 0.15) is 120 Å². The second kappa shape index (κ2) is 17.6. The second-order valence-corrected chi connectivity index (χ2v) is 11.8. The monoisotopic (exact) mass is 491 g/mol. The number of hydrogen-bond donors (Lipinski definition) is 1. The topological polar surface area (TPSA) is 57.6 Å². The minimum atomic E-state index is -0.900. The minimum absolute atomic E-state index is 0.0777. The van der Waals surface area contributed by atoms with Crippen LogP contribution >= 0.6 is 11.3 Å². The van der Waals surface area contributed by atoms with Crippen LogP contribution in [0.25, 0.3) is 0 Å². The van der Waals surface area contributed by atoms with E-state index in [9.17, 15) is 4.79 Å². The first-order valence-electron chi connectivity index (χ1n) is 12.9. The smallest absolute Gasteiger partial charge is 0.348 e. The number of rotatable bonds is 2. The summed E-state index contributed by atoms with van der Waals surface area (Å²) in [5.41, 5.74) is 0.631. The third-order valence-corrected chi connectivity index (χ3v) is 6.76. The van der Waals surface area contributed by atoms with Crippen LogP contribution in [0.15, 0.2) is 6.07 Å². The molecule has 2 aliphatic carbocycles. The van der Waals surface area contributed by atoms with Gasteiger partial charge in [0.05, 0.1) is 10.6 Å². The van der Waals surface area contributed by atoms with E-state index < -0.39 is 5.97 Å². The lowest BCUT2D eigenvalue weighted by Crippen LogP contribution is -2.11. The van der Waals surface area contributed by atoms with Crippen LogP contribution in [0.5, 0.6) is 0 Å². The Morgan fingerprint density at radius 1 is 1.00 bits per heavy atom. The van der Waals surface area contributed by atoms with E-state index in [2.05, 4.69) is 25.7 Å². The number of carbonyl (C=O) groups is 2. The normalized spacial score (nSPS) is 16.1. The summed E-state index contributed by atoms with van der Waals surface area (Å²) in [4.78, 5) is 22.8. The summed E-state index contributed by atoms with van der Waals surface area (Å²) >= 11 is 1.22. The lowest BCUT2D eigenvalue weighted by Gasteiger charge is -2.15. The molecule has 0 saturated heterocycles. The number of carbonyl (C=O) groups excluding carboxylic acids is 1. The van der Waals surface area contributed by atoms with Crippen LogP contribution in [-0.4, -0.2) is 31.5 Å². The molecule has 4 nitrogen and oxygen atoms in total. The summed E-state index contributed by atoms with van der Waals surface area (Å²) in [6.07, 6.45) is 15.6. The molecule has 0 aliphatic heterocycles. The summed E-state index contributed by atoms with van der Waals surface area (Å²) in [6.45, 7) is 12.2. The van der Waals surface area contributed by atoms with E-state index in [1.54, 1.807) is 4.90 Å². The van der Waals surface area contributed by atoms with Crippen molar-refractivity contribution in [3.05, 3.63) is 15.8 Å². The molecule has 0 bridgehead atoms. The molecule has 0 unspecified atom stereocenters. The highest BCUT2D eigenvalue weighted by molar-refractivity contribution is 7.15. The first-order valence-corrected chi connectivity index (χ1v) is 13.7. The zero-order valence-corrected chi connectivity index (χ0v) is 23.8. The van der Waals surface area contributed by atoms with Gasteiger partial charge in [-0.2, -0.15) is 0 Å². The maximum Gasteiger partial charge on any atom is 0.348 e. The van der Waals surface area contributed by atoms with Crippen LogP contribution in [0.4, 0.5) is 5.69 Å². The molecule has 0 spiro atoms. The average Bonchev–Trinajstić information content (AvgIpc) is 3.20. The maximum absolute atomic E-state index is 11.1. The summed E-state index contributed by atoms with van der Waals surface area (Å²) in [7, 11) is 3.66. The fourth-order valence-corrected chi connectivity index (χ4v) is 4.72. The Bertz CT molecular complexity index is 737. The first kappa shape index (κ1) is 32.2. The molecular weight excluding hydrogens is 442 g/mol. The Morgan fingerprint density at radius 3 is 1.65 bits per heavy atom. The van der Waals surface area contributed by atoms with Crippen molar-refractivity contribution < 1.29 is 14.7 Å². The summed E-state index contributed by atoms with van der Waals surface area (Å²) in [6, 6.07) is 1.83. The van der Waals surface area contributed by atoms with E-state index >= 15 is 0 Å². The Kier molecular flexibility index (Phi) is 16.7. The van der Waals surface area contributed by atoms with Gasteiger partial charge in [-0.1, -0.05) is 89.9 Å². The lowest BCUT2D eigenvalue weighted by molar-refractivity contribution is -0.106. The molecular formula is C29H49NO3S. The van der Waals surface area contributed by atoms with Gasteiger partial charge in [-0.05, 0) is 45.6 Å². The van der Waals surface area contributed by atoms with E-state index in [0.717, 1.165) is 23.0 Å². The standard InChI is InChI=1S/C13H17NO2S.2C7H14.C2H4O/c1-13(2,3)7-6-9-8-10(14(4)5)11(17-9)12(15)16;2*1-7-5-3-2-4-6-7;1-2-3/h8H,1-5H3,(H,15,16);2*7H,2-6H2,1H3;2H,1H3. The Labute approximate surface area is 213 Å². The van der Waals surface area contributed by atoms with Gasteiger partial charge in [0, 0.05) is 19.5 Å². The van der Waals surface area contributed by atoms with Gasteiger partial charge in [0.25, 0.3) is 0 Å². The molecule has 2 saturated carbocycles. The number of hydrogen-bond acceptors (Lipinski definition) is 4. The predicted molar refractivity (Wildman–Crippen MR) is 148 cm³/mol. The van der Waals surface area contributed by atoms with Crippen molar-refractivity contribution in [2.24, 2.45) is 17.3 Å². The number of aldehydes is 1. The van der Waals surface area contributed by atoms with Crippen molar-refractivity contribution in [1.29, 1.82) is 0 Å². The van der Waals surface area contributed by atoms with Crippen molar-refractivity contribution >= 4 is 29.3 Å². The van der Waals surface area contributed by atoms with E-state index in [4.69, 9.17) is 9.90 Å². The highest BCUT2D eigenvalue weighted by atomic mass is 32.1. The average molecular weight is 492 g/mol. The van der Waals surface area contributed by atoms with Crippen molar-refractivity contribution in [1.82, 2.24) is 0 Å². The summed E-state index contributed by atoms with van der Waals surface area (Å²) < 4.78 is 0. The van der Waals surface area contributed by atoms with Gasteiger partial charge in [-0.3, -0.25) is 0 Å². The summed E-state index contributed by atoms with van der Waals surface area (Å²) in [5, 5.41) is 9.09. The largest absolute Gasteiger partial charge is 0.477 e. The number of carboxylic acids is 1. The molecule has 3 rings (SSSR count). The molecule has 1 aromatic heterocycles. The highest BCUT2D eigenvalue weighted by Gasteiger charge is 2.16. The molecule has 34 heavy (non-hydrogen) atoms. The molecule has 0 amide bonds. The Morgan fingerprint density at radius 2 is 1.41 bits per heavy atom. The quantitative estimate of drug-likeness (QED) is 0.334. The zero-order chi connectivity index (χ0) is 26.1. The van der Waals surface area contributed by atoms with E-state index in [-0.39, 0.29) is 5.41 Å². The van der Waals surface area contributed by atoms with Crippen molar-refractivity contribution in [3.8, 4) is 11.8 Å². The molecule has 1 N–H and O–H groups in total. The van der Waals surface area contributed by atoms with Gasteiger partial charge in [0.2, 0.25) is 0 Å². The van der Waals surface area contributed by atoms with Crippen LogP contribution in [0, 0.1) is 29.1 Å². The first-order chi connectivity index (χ1) is 15.9. The molecule has 0 atom stereocenters. The van der Waals surface area contributed by atoms with Crippen molar-refractivity contribution in [2.75, 3.05) is 19.0 Å². The van der Waals surface area contributed by atoms with Gasteiger partial charge in [0.1, 0.15) is 11.2 Å². The van der Waals surface area contributed by atoms with E-state index in [1.807, 2.05) is 40.9 Å². The molecule has 0 aromatic carbocycles. The highest BCUT2D eigenvalue weighted by Crippen LogP contribution is 2.29. The van der Waals surface area contributed by atoms with Gasteiger partial charge < -0.3 is 14.8 Å². The fourth-order valence-electron chi connectivity index (χ4n) is 3.79. The number of nitrogens with zero attached hydrogens (tertiary/aromatic N) is 1. The van der Waals surface area contributed by atoms with E-state index in [0.29, 0.717) is 10.6 Å². The van der Waals surface area contributed by atoms with Crippen LogP contribution in [0.2, 0.25) is 0 Å².